The molecule has 0 heterocycles. The lowest BCUT2D eigenvalue weighted by molar-refractivity contribution is 0.151. The van der Waals surface area contributed by atoms with E-state index in [1.165, 1.54) is 0 Å². The van der Waals surface area contributed by atoms with Crippen LogP contribution in [0.25, 0.3) is 0 Å². The second-order valence-electron chi connectivity index (χ2n) is 2.60. The molecule has 0 saturated carbocycles. The average Bonchev–Trinajstić information content (AvgIpc) is 1.82. The Bertz CT molecular complexity index is 76.6. The molecule has 0 saturated heterocycles. The molecule has 0 aliphatic heterocycles. The molecular weight excluding hydrogens is 112 g/mol. The van der Waals surface area contributed by atoms with Gasteiger partial charge in [0.1, 0.15) is 0 Å². The molecule has 0 radical (unpaired) electrons. The van der Waals surface area contributed by atoms with Gasteiger partial charge in [-0.3, -0.25) is 0 Å². The van der Waals surface area contributed by atoms with Crippen LogP contribution in [0.2, 0.25) is 0 Å². The summed E-state index contributed by atoms with van der Waals surface area (Å²) in [5, 5.41) is 0. The zero-order chi connectivity index (χ0) is 7.28. The first-order valence-corrected chi connectivity index (χ1v) is 3.33. The minimum atomic E-state index is 0.509. The molecule has 0 aromatic carbocycles. The molecule has 0 aromatic heterocycles. The van der Waals surface area contributed by atoms with E-state index in [2.05, 4.69) is 20.4 Å². The van der Waals surface area contributed by atoms with Crippen LogP contribution in [0.3, 0.4) is 0 Å². The molecule has 0 amide bonds. The summed E-state index contributed by atoms with van der Waals surface area (Å²) in [5.41, 5.74) is 0. The van der Waals surface area contributed by atoms with Crippen LogP contribution < -0.4 is 0 Å². The van der Waals surface area contributed by atoms with Crippen LogP contribution in [-0.2, 0) is 4.74 Å². The van der Waals surface area contributed by atoms with Gasteiger partial charge in [0, 0.05) is 13.0 Å². The van der Waals surface area contributed by atoms with E-state index in [1.54, 1.807) is 7.11 Å². The third-order valence-electron chi connectivity index (χ3n) is 1.52. The highest BCUT2D eigenvalue weighted by Crippen LogP contribution is 2.10. The Morgan fingerprint density at radius 3 is 2.22 bits per heavy atom. The maximum atomic E-state index is 4.98. The van der Waals surface area contributed by atoms with Crippen molar-refractivity contribution in [1.29, 1.82) is 0 Å². The Hall–Kier alpha value is -0.300. The van der Waals surface area contributed by atoms with Crippen molar-refractivity contribution in [1.82, 2.24) is 0 Å². The average molecular weight is 128 g/mol. The Balaban J connectivity index is 3.54. The van der Waals surface area contributed by atoms with Gasteiger partial charge in [-0.15, -0.1) is 6.58 Å². The molecule has 1 heteroatoms. The third kappa shape index (κ3) is 3.31. The van der Waals surface area contributed by atoms with Gasteiger partial charge in [-0.05, 0) is 5.92 Å². The van der Waals surface area contributed by atoms with Gasteiger partial charge in [0.25, 0.3) is 0 Å². The van der Waals surface area contributed by atoms with Gasteiger partial charge in [0.2, 0.25) is 0 Å². The summed E-state index contributed by atoms with van der Waals surface area (Å²) >= 11 is 0. The van der Waals surface area contributed by atoms with Crippen molar-refractivity contribution in [2.24, 2.45) is 11.8 Å². The highest BCUT2D eigenvalue weighted by atomic mass is 16.5. The van der Waals surface area contributed by atoms with E-state index in [4.69, 9.17) is 4.74 Å². The fourth-order valence-corrected chi connectivity index (χ4v) is 0.725. The van der Waals surface area contributed by atoms with Crippen LogP contribution in [0.1, 0.15) is 13.8 Å². The lowest BCUT2D eigenvalue weighted by atomic mass is 9.97. The quantitative estimate of drug-likeness (QED) is 0.527. The number of hydrogen-bond donors (Lipinski definition) is 0. The first-order valence-electron chi connectivity index (χ1n) is 3.33. The summed E-state index contributed by atoms with van der Waals surface area (Å²) < 4.78 is 4.98. The van der Waals surface area contributed by atoms with Crippen molar-refractivity contribution in [3.05, 3.63) is 12.7 Å². The number of methoxy groups -OCH3 is 1. The molecule has 1 atom stereocenters. The van der Waals surface area contributed by atoms with E-state index < -0.39 is 0 Å². The molecule has 0 rings (SSSR count). The standard InChI is InChI=1S/C8H16O/c1-5-8(6-9-4)7(2)3/h5,7-8H,1,6H2,2-4H3. The zero-order valence-electron chi connectivity index (χ0n) is 6.55. The largest absolute Gasteiger partial charge is 0.384 e. The van der Waals surface area contributed by atoms with E-state index in [0.29, 0.717) is 11.8 Å². The molecule has 0 spiro atoms. The molecule has 0 fully saturated rings. The summed E-state index contributed by atoms with van der Waals surface area (Å²) in [6.45, 7) is 8.86. The summed E-state index contributed by atoms with van der Waals surface area (Å²) in [6, 6.07) is 0. The van der Waals surface area contributed by atoms with Crippen molar-refractivity contribution >= 4 is 0 Å². The normalized spacial score (nSPS) is 13.8. The second-order valence-corrected chi connectivity index (χ2v) is 2.60. The Morgan fingerprint density at radius 2 is 2.11 bits per heavy atom. The minimum Gasteiger partial charge on any atom is -0.384 e. The van der Waals surface area contributed by atoms with Crippen molar-refractivity contribution < 1.29 is 4.74 Å². The van der Waals surface area contributed by atoms with Crippen LogP contribution in [0, 0.1) is 11.8 Å². The fraction of sp³-hybridized carbons (Fsp3) is 0.750. The first-order chi connectivity index (χ1) is 4.22. The Labute approximate surface area is 57.7 Å². The predicted molar refractivity (Wildman–Crippen MR) is 40.4 cm³/mol. The third-order valence-corrected chi connectivity index (χ3v) is 1.52. The molecular formula is C8H16O. The van der Waals surface area contributed by atoms with Gasteiger partial charge in [0.05, 0.1) is 6.61 Å². The fourth-order valence-electron chi connectivity index (χ4n) is 0.725. The predicted octanol–water partition coefficient (Wildman–Crippen LogP) is 2.09. The van der Waals surface area contributed by atoms with Crippen LogP contribution in [-0.4, -0.2) is 13.7 Å². The van der Waals surface area contributed by atoms with Crippen molar-refractivity contribution in [3.8, 4) is 0 Å². The summed E-state index contributed by atoms with van der Waals surface area (Å²) in [5.74, 6) is 1.15. The number of rotatable bonds is 4. The molecule has 0 aliphatic rings. The number of ether oxygens (including phenoxy) is 1. The van der Waals surface area contributed by atoms with Gasteiger partial charge in [0.15, 0.2) is 0 Å². The molecule has 0 aliphatic carbocycles. The highest BCUT2D eigenvalue weighted by molar-refractivity contribution is 4.80. The Kier molecular flexibility index (Phi) is 4.41. The van der Waals surface area contributed by atoms with Crippen LogP contribution in [0.4, 0.5) is 0 Å². The van der Waals surface area contributed by atoms with Crippen molar-refractivity contribution in [2.45, 2.75) is 13.8 Å². The van der Waals surface area contributed by atoms with Gasteiger partial charge in [-0.2, -0.15) is 0 Å². The van der Waals surface area contributed by atoms with Gasteiger partial charge < -0.3 is 4.74 Å². The zero-order valence-corrected chi connectivity index (χ0v) is 6.55. The molecule has 9 heavy (non-hydrogen) atoms. The molecule has 1 nitrogen and oxygen atoms in total. The molecule has 0 bridgehead atoms. The lowest BCUT2D eigenvalue weighted by Crippen LogP contribution is -2.11. The van der Waals surface area contributed by atoms with Crippen LogP contribution >= 0.6 is 0 Å². The molecule has 1 unspecified atom stereocenters. The maximum Gasteiger partial charge on any atom is 0.0527 e. The monoisotopic (exact) mass is 128 g/mol. The summed E-state index contributed by atoms with van der Waals surface area (Å²) in [7, 11) is 1.72. The molecule has 0 aromatic rings. The van der Waals surface area contributed by atoms with Crippen LogP contribution in [0.15, 0.2) is 12.7 Å². The number of hydrogen-bond acceptors (Lipinski definition) is 1. The molecule has 0 N–H and O–H groups in total. The van der Waals surface area contributed by atoms with E-state index in [-0.39, 0.29) is 0 Å². The second kappa shape index (κ2) is 4.57. The van der Waals surface area contributed by atoms with Gasteiger partial charge >= 0.3 is 0 Å². The van der Waals surface area contributed by atoms with E-state index in [0.717, 1.165) is 6.61 Å². The Morgan fingerprint density at radius 1 is 1.56 bits per heavy atom. The lowest BCUT2D eigenvalue weighted by Gasteiger charge is -2.14. The first kappa shape index (κ1) is 8.70. The summed E-state index contributed by atoms with van der Waals surface area (Å²) in [6.07, 6.45) is 1.95. The van der Waals surface area contributed by atoms with Crippen molar-refractivity contribution in [2.75, 3.05) is 13.7 Å². The maximum absolute atomic E-state index is 4.98. The molecule has 54 valence electrons. The van der Waals surface area contributed by atoms with Gasteiger partial charge in [-0.25, -0.2) is 0 Å². The SMILES string of the molecule is C=CC(COC)C(C)C. The van der Waals surface area contributed by atoms with Crippen molar-refractivity contribution in [3.63, 3.8) is 0 Å². The van der Waals surface area contributed by atoms with E-state index >= 15 is 0 Å². The minimum absolute atomic E-state index is 0.509. The van der Waals surface area contributed by atoms with E-state index in [1.807, 2.05) is 6.08 Å². The summed E-state index contributed by atoms with van der Waals surface area (Å²) in [4.78, 5) is 0. The topological polar surface area (TPSA) is 9.23 Å². The van der Waals surface area contributed by atoms with E-state index in [9.17, 15) is 0 Å². The van der Waals surface area contributed by atoms with Gasteiger partial charge in [-0.1, -0.05) is 19.9 Å². The smallest absolute Gasteiger partial charge is 0.0527 e. The highest BCUT2D eigenvalue weighted by Gasteiger charge is 2.06. The van der Waals surface area contributed by atoms with Crippen LogP contribution in [0.5, 0.6) is 0 Å².